The lowest BCUT2D eigenvalue weighted by molar-refractivity contribution is -0.147. The van der Waals surface area contributed by atoms with Crippen molar-refractivity contribution >= 4 is 5.97 Å². The third kappa shape index (κ3) is 5.48. The van der Waals surface area contributed by atoms with Crippen molar-refractivity contribution in [3.8, 4) is 0 Å². The summed E-state index contributed by atoms with van der Waals surface area (Å²) in [7, 11) is 2.09. The summed E-state index contributed by atoms with van der Waals surface area (Å²) in [6.45, 7) is 8.30. The van der Waals surface area contributed by atoms with E-state index in [1.54, 1.807) is 0 Å². The van der Waals surface area contributed by atoms with E-state index in [2.05, 4.69) is 17.3 Å². The molecule has 5 heteroatoms. The summed E-state index contributed by atoms with van der Waals surface area (Å²) in [5.41, 5.74) is 0. The predicted molar refractivity (Wildman–Crippen MR) is 65.9 cm³/mol. The minimum atomic E-state index is -0.137. The maximum Gasteiger partial charge on any atom is 0.309 e. The summed E-state index contributed by atoms with van der Waals surface area (Å²) in [5.74, 6) is -0.238. The van der Waals surface area contributed by atoms with E-state index >= 15 is 0 Å². The summed E-state index contributed by atoms with van der Waals surface area (Å²) in [4.78, 5) is 13.6. The Kier molecular flexibility index (Phi) is 6.47. The molecule has 0 spiro atoms. The van der Waals surface area contributed by atoms with Crippen molar-refractivity contribution in [1.82, 2.24) is 10.2 Å². The molecular formula is C12H24N2O3. The fourth-order valence-corrected chi connectivity index (χ4v) is 1.82. The molecule has 17 heavy (non-hydrogen) atoms. The number of carbonyl (C=O) groups excluding carboxylic acids is 1. The zero-order chi connectivity index (χ0) is 12.7. The average molecular weight is 244 g/mol. The fourth-order valence-electron chi connectivity index (χ4n) is 1.82. The summed E-state index contributed by atoms with van der Waals surface area (Å²) >= 11 is 0. The Morgan fingerprint density at radius 1 is 1.65 bits per heavy atom. The van der Waals surface area contributed by atoms with Gasteiger partial charge < -0.3 is 19.7 Å². The highest BCUT2D eigenvalue weighted by molar-refractivity contribution is 5.72. The van der Waals surface area contributed by atoms with Crippen LogP contribution in [0.1, 0.15) is 13.8 Å². The molecule has 0 aliphatic carbocycles. The van der Waals surface area contributed by atoms with Crippen molar-refractivity contribution in [2.45, 2.75) is 20.0 Å². The zero-order valence-corrected chi connectivity index (χ0v) is 11.1. The number of ether oxygens (including phenoxy) is 2. The number of rotatable bonds is 6. The Morgan fingerprint density at radius 3 is 3.06 bits per heavy atom. The number of nitrogens with one attached hydrogen (secondary N) is 1. The molecule has 0 radical (unpaired) electrons. The van der Waals surface area contributed by atoms with E-state index in [0.717, 1.165) is 26.2 Å². The van der Waals surface area contributed by atoms with E-state index in [-0.39, 0.29) is 18.0 Å². The summed E-state index contributed by atoms with van der Waals surface area (Å²) in [6.07, 6.45) is 0.225. The molecule has 1 fully saturated rings. The molecule has 1 heterocycles. The highest BCUT2D eigenvalue weighted by Gasteiger charge is 2.18. The molecule has 0 aromatic heterocycles. The van der Waals surface area contributed by atoms with Gasteiger partial charge in [0.15, 0.2) is 0 Å². The van der Waals surface area contributed by atoms with Gasteiger partial charge in [0.2, 0.25) is 0 Å². The normalized spacial score (nSPS) is 23.4. The zero-order valence-electron chi connectivity index (χ0n) is 11.1. The molecule has 5 nitrogen and oxygen atoms in total. The van der Waals surface area contributed by atoms with Gasteiger partial charge in [-0.3, -0.25) is 4.79 Å². The van der Waals surface area contributed by atoms with Crippen LogP contribution in [-0.4, -0.2) is 63.4 Å². The smallest absolute Gasteiger partial charge is 0.309 e. The third-order valence-electron chi connectivity index (χ3n) is 2.85. The lowest BCUT2D eigenvalue weighted by Gasteiger charge is -2.30. The summed E-state index contributed by atoms with van der Waals surface area (Å²) < 4.78 is 10.6. The van der Waals surface area contributed by atoms with Crippen LogP contribution < -0.4 is 5.32 Å². The molecule has 0 bridgehead atoms. The summed E-state index contributed by atoms with van der Waals surface area (Å²) in [6, 6.07) is 0. The minimum Gasteiger partial charge on any atom is -0.466 e. The van der Waals surface area contributed by atoms with Crippen molar-refractivity contribution in [2.24, 2.45) is 5.92 Å². The SMILES string of the molecule is CCOC(=O)C(C)CNCC1CN(C)CCO1. The monoisotopic (exact) mass is 244 g/mol. The van der Waals surface area contributed by atoms with Crippen LogP contribution in [0.4, 0.5) is 0 Å². The Balaban J connectivity index is 2.12. The van der Waals surface area contributed by atoms with Crippen LogP contribution in [0, 0.1) is 5.92 Å². The predicted octanol–water partition coefficient (Wildman–Crippen LogP) is 0.106. The number of hydrogen-bond donors (Lipinski definition) is 1. The first-order valence-corrected chi connectivity index (χ1v) is 6.31. The van der Waals surface area contributed by atoms with Crippen LogP contribution in [0.15, 0.2) is 0 Å². The van der Waals surface area contributed by atoms with Crippen molar-refractivity contribution in [3.05, 3.63) is 0 Å². The van der Waals surface area contributed by atoms with Crippen LogP contribution >= 0.6 is 0 Å². The number of likely N-dealkylation sites (N-methyl/N-ethyl adjacent to an activating group) is 1. The fraction of sp³-hybridized carbons (Fsp3) is 0.917. The lowest BCUT2D eigenvalue weighted by Crippen LogP contribution is -2.45. The van der Waals surface area contributed by atoms with Crippen LogP contribution in [0.2, 0.25) is 0 Å². The van der Waals surface area contributed by atoms with Crippen LogP contribution in [0.5, 0.6) is 0 Å². The second-order valence-corrected chi connectivity index (χ2v) is 4.57. The molecule has 1 aliphatic rings. The molecule has 0 amide bonds. The van der Waals surface area contributed by atoms with Gasteiger partial charge in [-0.1, -0.05) is 6.92 Å². The third-order valence-corrected chi connectivity index (χ3v) is 2.85. The van der Waals surface area contributed by atoms with Crippen molar-refractivity contribution in [1.29, 1.82) is 0 Å². The van der Waals surface area contributed by atoms with Gasteiger partial charge in [-0.2, -0.15) is 0 Å². The van der Waals surface area contributed by atoms with E-state index in [1.807, 2.05) is 13.8 Å². The van der Waals surface area contributed by atoms with E-state index in [4.69, 9.17) is 9.47 Å². The van der Waals surface area contributed by atoms with E-state index < -0.39 is 0 Å². The molecule has 100 valence electrons. The lowest BCUT2D eigenvalue weighted by atomic mass is 10.2. The van der Waals surface area contributed by atoms with Gasteiger partial charge in [0.05, 0.1) is 25.2 Å². The Labute approximate surface area is 103 Å². The van der Waals surface area contributed by atoms with Crippen LogP contribution in [-0.2, 0) is 14.3 Å². The first kappa shape index (κ1) is 14.4. The molecule has 1 aliphatic heterocycles. The van der Waals surface area contributed by atoms with Crippen LogP contribution in [0.3, 0.4) is 0 Å². The number of morpholine rings is 1. The molecule has 1 rings (SSSR count). The highest BCUT2D eigenvalue weighted by atomic mass is 16.5. The minimum absolute atomic E-state index is 0.101. The molecular weight excluding hydrogens is 220 g/mol. The number of esters is 1. The maximum atomic E-state index is 11.4. The molecule has 0 aromatic rings. The quantitative estimate of drug-likeness (QED) is 0.672. The van der Waals surface area contributed by atoms with Gasteiger partial charge in [0.25, 0.3) is 0 Å². The van der Waals surface area contributed by atoms with Gasteiger partial charge in [0.1, 0.15) is 0 Å². The van der Waals surface area contributed by atoms with Crippen molar-refractivity contribution in [3.63, 3.8) is 0 Å². The topological polar surface area (TPSA) is 50.8 Å². The Hall–Kier alpha value is -0.650. The maximum absolute atomic E-state index is 11.4. The van der Waals surface area contributed by atoms with Crippen molar-refractivity contribution in [2.75, 3.05) is 46.4 Å². The molecule has 1 saturated heterocycles. The molecule has 2 unspecified atom stereocenters. The summed E-state index contributed by atoms with van der Waals surface area (Å²) in [5, 5.41) is 3.26. The average Bonchev–Trinajstić information content (AvgIpc) is 2.29. The van der Waals surface area contributed by atoms with Crippen molar-refractivity contribution < 1.29 is 14.3 Å². The highest BCUT2D eigenvalue weighted by Crippen LogP contribution is 2.02. The second-order valence-electron chi connectivity index (χ2n) is 4.57. The van der Waals surface area contributed by atoms with Gasteiger partial charge in [-0.25, -0.2) is 0 Å². The standard InChI is InChI=1S/C12H24N2O3/c1-4-16-12(15)10(2)7-13-8-11-9-14(3)5-6-17-11/h10-11,13H,4-9H2,1-3H3. The number of carbonyl (C=O) groups is 1. The molecule has 2 atom stereocenters. The first-order chi connectivity index (χ1) is 8.13. The van der Waals surface area contributed by atoms with Crippen LogP contribution in [0.25, 0.3) is 0 Å². The Bertz CT molecular complexity index is 236. The first-order valence-electron chi connectivity index (χ1n) is 6.31. The molecule has 1 N–H and O–H groups in total. The Morgan fingerprint density at radius 2 is 2.41 bits per heavy atom. The molecule has 0 saturated carbocycles. The number of hydrogen-bond acceptors (Lipinski definition) is 5. The largest absolute Gasteiger partial charge is 0.466 e. The van der Waals surface area contributed by atoms with Gasteiger partial charge in [-0.15, -0.1) is 0 Å². The van der Waals surface area contributed by atoms with E-state index in [0.29, 0.717) is 13.2 Å². The van der Waals surface area contributed by atoms with Gasteiger partial charge >= 0.3 is 5.97 Å². The molecule has 0 aromatic carbocycles. The second kappa shape index (κ2) is 7.63. The van der Waals surface area contributed by atoms with E-state index in [1.165, 1.54) is 0 Å². The number of nitrogens with zero attached hydrogens (tertiary/aromatic N) is 1. The van der Waals surface area contributed by atoms with Gasteiger partial charge in [-0.05, 0) is 14.0 Å². The van der Waals surface area contributed by atoms with E-state index in [9.17, 15) is 4.79 Å². The van der Waals surface area contributed by atoms with Gasteiger partial charge in [0, 0.05) is 26.2 Å².